The predicted octanol–water partition coefficient (Wildman–Crippen LogP) is 2.22. The van der Waals surface area contributed by atoms with Crippen LogP contribution in [0.25, 0.3) is 0 Å². The Hall–Kier alpha value is -1.79. The van der Waals surface area contributed by atoms with E-state index in [-0.39, 0.29) is 0 Å². The van der Waals surface area contributed by atoms with Gasteiger partial charge in [0, 0.05) is 0 Å². The van der Waals surface area contributed by atoms with Crippen molar-refractivity contribution < 1.29 is 27.1 Å². The summed E-state index contributed by atoms with van der Waals surface area (Å²) in [6.07, 6.45) is -4.68. The molecule has 0 bridgehead atoms. The van der Waals surface area contributed by atoms with Gasteiger partial charge in [-0.3, -0.25) is 4.79 Å². The van der Waals surface area contributed by atoms with Crippen molar-refractivity contribution in [1.29, 1.82) is 0 Å². The zero-order chi connectivity index (χ0) is 12.8. The number of nitrogen functional groups attached to an aromatic ring is 1. The summed E-state index contributed by atoms with van der Waals surface area (Å²) in [4.78, 5) is 8.95. The minimum atomic E-state index is -4.68. The number of carbonyl (C=O) groups excluding carboxylic acids is 1. The van der Waals surface area contributed by atoms with E-state index in [4.69, 9.17) is 10.5 Å². The van der Waals surface area contributed by atoms with Gasteiger partial charge >= 0.3 is 6.18 Å². The van der Waals surface area contributed by atoms with Crippen molar-refractivity contribution in [3.8, 4) is 0 Å². The summed E-state index contributed by atoms with van der Waals surface area (Å²) in [6.45, 7) is 0.375. The summed E-state index contributed by atoms with van der Waals surface area (Å²) < 4.78 is 52.3. The van der Waals surface area contributed by atoms with Gasteiger partial charge in [-0.25, -0.2) is 4.39 Å². The Bertz CT molecular complexity index is 352. The summed E-state index contributed by atoms with van der Waals surface area (Å²) in [5.41, 5.74) is 3.12. The first-order valence-corrected chi connectivity index (χ1v) is 3.92. The van der Waals surface area contributed by atoms with E-state index in [1.54, 1.807) is 0 Å². The average molecular weight is 239 g/mol. The molecule has 3 nitrogen and oxygen atoms in total. The Balaban J connectivity index is 0.000000487. The average Bonchev–Trinajstić information content (AvgIpc) is 2.21. The molecule has 0 amide bonds. The highest BCUT2D eigenvalue weighted by atomic mass is 19.4. The molecular weight excluding hydrogens is 230 g/mol. The van der Waals surface area contributed by atoms with Gasteiger partial charge in [-0.05, 0) is 12.1 Å². The van der Waals surface area contributed by atoms with Crippen LogP contribution in [-0.4, -0.2) is 13.6 Å². The lowest BCUT2D eigenvalue weighted by Gasteiger charge is -2.08. The number of anilines is 1. The Morgan fingerprint density at radius 3 is 2.19 bits per heavy atom. The highest BCUT2D eigenvalue weighted by Gasteiger charge is 2.34. The van der Waals surface area contributed by atoms with Gasteiger partial charge in [0.05, 0.1) is 18.4 Å². The Morgan fingerprint density at radius 2 is 1.88 bits per heavy atom. The molecule has 16 heavy (non-hydrogen) atoms. The van der Waals surface area contributed by atoms with Crippen LogP contribution in [-0.2, 0) is 15.7 Å². The monoisotopic (exact) mass is 239 g/mol. The van der Waals surface area contributed by atoms with Gasteiger partial charge in [0.1, 0.15) is 0 Å². The molecule has 0 unspecified atom stereocenters. The number of carbonyl (C=O) groups is 1. The molecule has 0 saturated heterocycles. The Kier molecular flexibility index (Phi) is 5.27. The number of hydrogen-bond donors (Lipinski definition) is 1. The van der Waals surface area contributed by atoms with E-state index in [9.17, 15) is 17.6 Å². The van der Waals surface area contributed by atoms with E-state index in [1.165, 1.54) is 7.11 Å². The number of nitrogens with two attached hydrogens (primary N) is 1. The molecule has 0 aliphatic rings. The number of hydrogen-bond acceptors (Lipinski definition) is 3. The van der Waals surface area contributed by atoms with Gasteiger partial charge in [-0.1, -0.05) is 6.07 Å². The largest absolute Gasteiger partial charge is 0.471 e. The van der Waals surface area contributed by atoms with Crippen molar-refractivity contribution in [2.24, 2.45) is 0 Å². The highest BCUT2D eigenvalue weighted by Crippen LogP contribution is 2.32. The molecule has 0 aliphatic carbocycles. The molecule has 0 fully saturated rings. The highest BCUT2D eigenvalue weighted by molar-refractivity contribution is 5.43. The molecule has 0 saturated carbocycles. The maximum atomic E-state index is 12.7. The molecule has 1 aromatic carbocycles. The number of halogens is 4. The topological polar surface area (TPSA) is 52.3 Å². The van der Waals surface area contributed by atoms with Crippen LogP contribution < -0.4 is 5.73 Å². The molecule has 0 radical (unpaired) electrons. The minimum Gasteiger partial charge on any atom is -0.471 e. The number of alkyl halides is 3. The van der Waals surface area contributed by atoms with Crippen LogP contribution in [0.2, 0.25) is 0 Å². The Labute approximate surface area is 88.8 Å². The maximum absolute atomic E-state index is 12.7. The van der Waals surface area contributed by atoms with Gasteiger partial charge in [-0.15, -0.1) is 0 Å². The van der Waals surface area contributed by atoms with Crippen LogP contribution in [0.15, 0.2) is 18.2 Å². The van der Waals surface area contributed by atoms with Gasteiger partial charge in [0.15, 0.2) is 5.82 Å². The van der Waals surface area contributed by atoms with Crippen molar-refractivity contribution in [1.82, 2.24) is 0 Å². The van der Waals surface area contributed by atoms with Crippen LogP contribution in [0.1, 0.15) is 5.56 Å². The third-order valence-electron chi connectivity index (χ3n) is 1.43. The molecule has 1 rings (SSSR count). The molecule has 0 atom stereocenters. The summed E-state index contributed by atoms with van der Waals surface area (Å²) in [7, 11) is 1.31. The first-order valence-electron chi connectivity index (χ1n) is 3.92. The smallest absolute Gasteiger partial charge is 0.419 e. The first kappa shape index (κ1) is 14.2. The first-order chi connectivity index (χ1) is 7.34. The van der Waals surface area contributed by atoms with E-state index < -0.39 is 23.2 Å². The van der Waals surface area contributed by atoms with Crippen LogP contribution >= 0.6 is 0 Å². The van der Waals surface area contributed by atoms with Crippen LogP contribution in [0.5, 0.6) is 0 Å². The van der Waals surface area contributed by atoms with Crippen molar-refractivity contribution in [3.05, 3.63) is 29.6 Å². The lowest BCUT2D eigenvalue weighted by Crippen LogP contribution is -2.09. The van der Waals surface area contributed by atoms with Gasteiger partial charge in [0.2, 0.25) is 0 Å². The maximum Gasteiger partial charge on any atom is 0.419 e. The molecule has 7 heteroatoms. The molecule has 0 spiro atoms. The number of rotatable bonds is 1. The predicted molar refractivity (Wildman–Crippen MR) is 48.9 cm³/mol. The lowest BCUT2D eigenvalue weighted by molar-refractivity contribution is -0.139. The summed E-state index contributed by atoms with van der Waals surface area (Å²) in [5, 5.41) is 0. The number of methoxy groups -OCH3 is 1. The minimum absolute atomic E-state index is 0.375. The van der Waals surface area contributed by atoms with Crippen molar-refractivity contribution in [3.63, 3.8) is 0 Å². The van der Waals surface area contributed by atoms with E-state index in [2.05, 4.69) is 4.74 Å². The van der Waals surface area contributed by atoms with Gasteiger partial charge in [-0.2, -0.15) is 13.2 Å². The van der Waals surface area contributed by atoms with E-state index >= 15 is 0 Å². The van der Waals surface area contributed by atoms with E-state index in [0.29, 0.717) is 12.5 Å². The molecule has 0 heterocycles. The molecule has 2 N–H and O–H groups in total. The second-order valence-electron chi connectivity index (χ2n) is 2.54. The van der Waals surface area contributed by atoms with E-state index in [1.807, 2.05) is 0 Å². The van der Waals surface area contributed by atoms with Crippen LogP contribution in [0, 0.1) is 5.82 Å². The normalized spacial score (nSPS) is 10.1. The SMILES string of the molecule is COC=O.Nc1cccc(C(F)(F)F)c1F. The second kappa shape index (κ2) is 5.94. The number of benzene rings is 1. The standard InChI is InChI=1S/C7H5F4N.C2H4O2/c8-6-4(7(9,10)11)2-1-3-5(6)12;1-4-2-3/h1-3H,12H2;2H,1H3. The van der Waals surface area contributed by atoms with Crippen LogP contribution in [0.3, 0.4) is 0 Å². The summed E-state index contributed by atoms with van der Waals surface area (Å²) in [5.74, 6) is -1.41. The van der Waals surface area contributed by atoms with E-state index in [0.717, 1.165) is 12.1 Å². The fourth-order valence-corrected chi connectivity index (χ4v) is 0.769. The lowest BCUT2D eigenvalue weighted by atomic mass is 10.2. The summed E-state index contributed by atoms with van der Waals surface area (Å²) >= 11 is 0. The van der Waals surface area contributed by atoms with Crippen molar-refractivity contribution in [2.45, 2.75) is 6.18 Å². The van der Waals surface area contributed by atoms with Crippen molar-refractivity contribution >= 4 is 12.2 Å². The Morgan fingerprint density at radius 1 is 1.38 bits per heavy atom. The van der Waals surface area contributed by atoms with Crippen molar-refractivity contribution in [2.75, 3.05) is 12.8 Å². The van der Waals surface area contributed by atoms with Gasteiger partial charge in [0.25, 0.3) is 6.47 Å². The number of ether oxygens (including phenoxy) is 1. The third kappa shape index (κ3) is 4.16. The molecule has 0 aromatic heterocycles. The fourth-order valence-electron chi connectivity index (χ4n) is 0.769. The second-order valence-corrected chi connectivity index (χ2v) is 2.54. The molecule has 90 valence electrons. The fraction of sp³-hybridized carbons (Fsp3) is 0.222. The summed E-state index contributed by atoms with van der Waals surface area (Å²) in [6, 6.07) is 2.78. The molecule has 0 aliphatic heterocycles. The quantitative estimate of drug-likeness (QED) is 0.464. The van der Waals surface area contributed by atoms with Gasteiger partial charge < -0.3 is 10.5 Å². The third-order valence-corrected chi connectivity index (χ3v) is 1.43. The zero-order valence-electron chi connectivity index (χ0n) is 8.22. The molecule has 1 aromatic rings. The zero-order valence-corrected chi connectivity index (χ0v) is 8.22. The van der Waals surface area contributed by atoms with Crippen LogP contribution in [0.4, 0.5) is 23.2 Å². The molecular formula is C9H9F4NO2.